The van der Waals surface area contributed by atoms with Gasteiger partial charge in [-0.1, -0.05) is 41.4 Å². The van der Waals surface area contributed by atoms with Crippen molar-refractivity contribution < 1.29 is 19.4 Å². The Morgan fingerprint density at radius 3 is 2.69 bits per heavy atom. The molecular weight excluding hydrogens is 487 g/mol. The molecule has 0 fully saturated rings. The predicted octanol–water partition coefficient (Wildman–Crippen LogP) is 4.92. The summed E-state index contributed by atoms with van der Waals surface area (Å²) in [5.41, 5.74) is 3.10. The number of aliphatic hydroxyl groups excluding tert-OH is 1. The van der Waals surface area contributed by atoms with Crippen molar-refractivity contribution in [1.82, 2.24) is 10.6 Å². The lowest BCUT2D eigenvalue weighted by Crippen LogP contribution is -2.49. The summed E-state index contributed by atoms with van der Waals surface area (Å²) < 4.78 is 11.6. The zero-order valence-corrected chi connectivity index (χ0v) is 21.3. The van der Waals surface area contributed by atoms with Gasteiger partial charge in [0.15, 0.2) is 0 Å². The van der Waals surface area contributed by atoms with Crippen molar-refractivity contribution in [2.24, 2.45) is 0 Å². The SMILES string of the molecule is COc1ccc2c(c1)[C@@H]1C[C@H]2OC/C=C\CCCC(=O)N[C@@H](Cc2cc(Cl)cc(Cl)c2)[C@H](O)CN1. The first-order chi connectivity index (χ1) is 16.9. The molecule has 0 saturated carbocycles. The summed E-state index contributed by atoms with van der Waals surface area (Å²) in [6.45, 7) is 0.815. The first-order valence-corrected chi connectivity index (χ1v) is 12.8. The Labute approximate surface area is 216 Å². The number of allylic oxidation sites excluding steroid dienone is 1. The summed E-state index contributed by atoms with van der Waals surface area (Å²) in [4.78, 5) is 12.7. The summed E-state index contributed by atoms with van der Waals surface area (Å²) in [5.74, 6) is 0.695. The van der Waals surface area contributed by atoms with E-state index in [1.807, 2.05) is 30.3 Å². The molecule has 0 unspecified atom stereocenters. The van der Waals surface area contributed by atoms with Gasteiger partial charge in [0.1, 0.15) is 5.75 Å². The van der Waals surface area contributed by atoms with Crippen molar-refractivity contribution in [1.29, 1.82) is 0 Å². The monoisotopic (exact) mass is 518 g/mol. The van der Waals surface area contributed by atoms with E-state index in [2.05, 4.69) is 22.8 Å². The molecule has 3 N–H and O–H groups in total. The number of β-amino-alcohol motifs (C(OH)–C–C–N with tert-alkyl or cyclic N) is 1. The molecule has 8 heteroatoms. The molecule has 0 radical (unpaired) electrons. The maximum atomic E-state index is 12.7. The summed E-state index contributed by atoms with van der Waals surface area (Å²) in [6.07, 6.45) is 6.28. The standard InChI is InChI=1S/C27H32Cl2N2O4/c1-34-20-7-8-21-22(14-20)23-15-26(21)35-9-5-3-2-4-6-27(33)31-24(25(32)16-30-23)12-17-10-18(28)13-19(29)11-17/h3,5,7-8,10-11,13-14,23-26,30,32H,2,4,6,9,12,15-16H2,1H3,(H,31,33)/b5-3-/t23-,24-,25+,26+/m0/s1. The number of nitrogens with one attached hydrogen (secondary N) is 2. The van der Waals surface area contributed by atoms with Gasteiger partial charge in [-0.25, -0.2) is 0 Å². The van der Waals surface area contributed by atoms with E-state index in [9.17, 15) is 9.90 Å². The fourth-order valence-corrected chi connectivity index (χ4v) is 5.35. The minimum atomic E-state index is -0.821. The molecule has 4 atom stereocenters. The topological polar surface area (TPSA) is 79.8 Å². The number of amides is 1. The quantitative estimate of drug-likeness (QED) is 0.502. The third-order valence-corrected chi connectivity index (χ3v) is 7.00. The van der Waals surface area contributed by atoms with E-state index in [1.165, 1.54) is 0 Å². The second-order valence-corrected chi connectivity index (χ2v) is 9.97. The number of carbonyl (C=O) groups excluding carboxylic acids is 1. The van der Waals surface area contributed by atoms with Gasteiger partial charge in [0.2, 0.25) is 5.91 Å². The van der Waals surface area contributed by atoms with Gasteiger partial charge in [-0.2, -0.15) is 0 Å². The predicted molar refractivity (Wildman–Crippen MR) is 138 cm³/mol. The summed E-state index contributed by atoms with van der Waals surface area (Å²) in [6, 6.07) is 10.8. The van der Waals surface area contributed by atoms with Gasteiger partial charge in [0, 0.05) is 29.1 Å². The molecule has 1 aliphatic carbocycles. The van der Waals surface area contributed by atoms with Crippen molar-refractivity contribution in [2.45, 2.75) is 56.4 Å². The number of benzene rings is 2. The van der Waals surface area contributed by atoms with Crippen molar-refractivity contribution in [3.8, 4) is 5.75 Å². The van der Waals surface area contributed by atoms with Gasteiger partial charge in [0.25, 0.3) is 0 Å². The number of hydrogen-bond donors (Lipinski definition) is 3. The Hall–Kier alpha value is -2.09. The van der Waals surface area contributed by atoms with Crippen LogP contribution in [0.4, 0.5) is 0 Å². The Morgan fingerprint density at radius 1 is 1.11 bits per heavy atom. The third-order valence-electron chi connectivity index (χ3n) is 6.56. The lowest BCUT2D eigenvalue weighted by atomic mass is 10.00. The van der Waals surface area contributed by atoms with Crippen LogP contribution in [0.25, 0.3) is 0 Å². The second kappa shape index (κ2) is 12.2. The molecule has 2 aromatic rings. The molecule has 6 nitrogen and oxygen atoms in total. The molecule has 0 saturated heterocycles. The van der Waals surface area contributed by atoms with Crippen LogP contribution in [0.5, 0.6) is 5.75 Å². The minimum absolute atomic E-state index is 0.00592. The van der Waals surface area contributed by atoms with Crippen molar-refractivity contribution >= 4 is 29.1 Å². The van der Waals surface area contributed by atoms with Crippen molar-refractivity contribution in [3.05, 3.63) is 75.3 Å². The Balaban J connectivity index is 1.56. The Morgan fingerprint density at radius 2 is 1.91 bits per heavy atom. The highest BCUT2D eigenvalue weighted by Gasteiger charge is 2.33. The first kappa shape index (κ1) is 26.0. The van der Waals surface area contributed by atoms with Crippen molar-refractivity contribution in [3.63, 3.8) is 0 Å². The largest absolute Gasteiger partial charge is 0.497 e. The lowest BCUT2D eigenvalue weighted by molar-refractivity contribution is -0.122. The van der Waals surface area contributed by atoms with Gasteiger partial charge < -0.3 is 25.2 Å². The second-order valence-electron chi connectivity index (χ2n) is 9.10. The maximum Gasteiger partial charge on any atom is 0.220 e. The van der Waals surface area contributed by atoms with E-state index < -0.39 is 12.1 Å². The molecule has 188 valence electrons. The van der Waals surface area contributed by atoms with Gasteiger partial charge >= 0.3 is 0 Å². The molecule has 1 aliphatic heterocycles. The van der Waals surface area contributed by atoms with Crippen LogP contribution in [0.15, 0.2) is 48.6 Å². The van der Waals surface area contributed by atoms with Gasteiger partial charge in [-0.05, 0) is 72.7 Å². The number of fused-ring (bicyclic) bond motifs is 5. The highest BCUT2D eigenvalue weighted by molar-refractivity contribution is 6.34. The molecule has 4 rings (SSSR count). The van der Waals surface area contributed by atoms with E-state index >= 15 is 0 Å². The van der Waals surface area contributed by atoms with E-state index in [-0.39, 0.29) is 18.1 Å². The van der Waals surface area contributed by atoms with Crippen LogP contribution < -0.4 is 15.4 Å². The number of ether oxygens (including phenoxy) is 2. The average molecular weight is 519 g/mol. The molecule has 0 aromatic heterocycles. The number of aliphatic hydroxyl groups is 1. The molecule has 1 heterocycles. The summed E-state index contributed by atoms with van der Waals surface area (Å²) in [7, 11) is 1.65. The van der Waals surface area contributed by atoms with Crippen LogP contribution in [-0.2, 0) is 16.0 Å². The van der Waals surface area contributed by atoms with Crippen LogP contribution >= 0.6 is 23.2 Å². The number of rotatable bonds is 3. The maximum absolute atomic E-state index is 12.7. The van der Waals surface area contributed by atoms with Gasteiger partial charge in [0.05, 0.1) is 32.0 Å². The van der Waals surface area contributed by atoms with Crippen LogP contribution in [0, 0.1) is 0 Å². The molecular formula is C27H32Cl2N2O4. The number of hydrogen-bond acceptors (Lipinski definition) is 5. The first-order valence-electron chi connectivity index (χ1n) is 12.0. The Bertz CT molecular complexity index is 1040. The molecule has 0 spiro atoms. The average Bonchev–Trinajstić information content (AvgIpc) is 3.17. The van der Waals surface area contributed by atoms with Gasteiger partial charge in [-0.3, -0.25) is 4.79 Å². The van der Waals surface area contributed by atoms with Crippen LogP contribution in [0.3, 0.4) is 0 Å². The fraction of sp³-hybridized carbons (Fsp3) is 0.444. The van der Waals surface area contributed by atoms with E-state index in [0.29, 0.717) is 36.0 Å². The zero-order chi connectivity index (χ0) is 24.8. The number of carbonyl (C=O) groups is 1. The highest BCUT2D eigenvalue weighted by atomic mass is 35.5. The Kier molecular flexibility index (Phi) is 9.09. The molecule has 1 amide bonds. The van der Waals surface area contributed by atoms with E-state index in [4.69, 9.17) is 32.7 Å². The summed E-state index contributed by atoms with van der Waals surface area (Å²) in [5, 5.41) is 18.7. The fourth-order valence-electron chi connectivity index (χ4n) is 4.78. The smallest absolute Gasteiger partial charge is 0.220 e. The highest BCUT2D eigenvalue weighted by Crippen LogP contribution is 2.42. The molecule has 35 heavy (non-hydrogen) atoms. The molecule has 2 aromatic carbocycles. The minimum Gasteiger partial charge on any atom is -0.497 e. The van der Waals surface area contributed by atoms with E-state index in [0.717, 1.165) is 41.7 Å². The number of halogens is 2. The van der Waals surface area contributed by atoms with Gasteiger partial charge in [-0.15, -0.1) is 0 Å². The summed E-state index contributed by atoms with van der Waals surface area (Å²) >= 11 is 12.4. The zero-order valence-electron chi connectivity index (χ0n) is 19.8. The number of methoxy groups -OCH3 is 1. The lowest BCUT2D eigenvalue weighted by Gasteiger charge is -2.26. The van der Waals surface area contributed by atoms with Crippen LogP contribution in [0.1, 0.15) is 54.5 Å². The van der Waals surface area contributed by atoms with Crippen molar-refractivity contribution in [2.75, 3.05) is 20.3 Å². The molecule has 2 bridgehead atoms. The normalized spacial score (nSPS) is 26.6. The van der Waals surface area contributed by atoms with E-state index in [1.54, 1.807) is 13.2 Å². The molecule has 2 aliphatic rings. The third kappa shape index (κ3) is 6.99. The van der Waals surface area contributed by atoms with Crippen LogP contribution in [-0.4, -0.2) is 43.4 Å². The van der Waals surface area contributed by atoms with Crippen LogP contribution in [0.2, 0.25) is 10.0 Å².